The van der Waals surface area contributed by atoms with Crippen molar-refractivity contribution in [3.63, 3.8) is 0 Å². The predicted octanol–water partition coefficient (Wildman–Crippen LogP) is 5.49. The fourth-order valence-corrected chi connectivity index (χ4v) is 7.01. The minimum atomic E-state index is -1.62. The Morgan fingerprint density at radius 2 is 1.02 bits per heavy atom. The van der Waals surface area contributed by atoms with Crippen LogP contribution in [0.5, 0.6) is 0 Å². The molecule has 280 valence electrons. The number of carboxylic acids is 1. The maximum atomic E-state index is 13.8. The number of rotatable bonds is 14. The first kappa shape index (κ1) is 38.0. The molecule has 0 saturated carbocycles. The molecular weight excluding hydrogens is 697 g/mol. The number of carboxylic acid groups (broad SMARTS) is 1. The molecule has 3 atom stereocenters. The van der Waals surface area contributed by atoms with Crippen LogP contribution in [-0.2, 0) is 29.5 Å². The van der Waals surface area contributed by atoms with E-state index < -0.39 is 59.9 Å². The number of amides is 4. The summed E-state index contributed by atoms with van der Waals surface area (Å²) in [6.07, 6.45) is -1.41. The van der Waals surface area contributed by atoms with Gasteiger partial charge in [0, 0.05) is 5.92 Å². The molecule has 5 N–H and O–H groups in total. The smallest absolute Gasteiger partial charge is 0.407 e. The topological polar surface area (TPSA) is 163 Å². The summed E-state index contributed by atoms with van der Waals surface area (Å²) in [5.74, 6) is -3.76. The Morgan fingerprint density at radius 1 is 0.600 bits per heavy atom. The van der Waals surface area contributed by atoms with Crippen LogP contribution in [0.3, 0.4) is 0 Å². The van der Waals surface area contributed by atoms with Crippen LogP contribution in [0.4, 0.5) is 4.79 Å². The molecule has 0 aromatic heterocycles. The number of aliphatic carboxylic acids is 1. The molecule has 4 amide bonds. The second-order valence-corrected chi connectivity index (χ2v) is 13.4. The van der Waals surface area contributed by atoms with E-state index in [4.69, 9.17) is 4.74 Å². The molecule has 0 fully saturated rings. The largest absolute Gasteiger partial charge is 0.480 e. The number of hydrogen-bond donors (Lipinski definition) is 5. The van der Waals surface area contributed by atoms with Gasteiger partial charge in [0.2, 0.25) is 17.7 Å². The number of nitrogens with one attached hydrogen (secondary N) is 4. The zero-order valence-electron chi connectivity index (χ0n) is 30.4. The highest BCUT2D eigenvalue weighted by Crippen LogP contribution is 2.44. The second-order valence-electron chi connectivity index (χ2n) is 13.4. The van der Waals surface area contributed by atoms with Crippen LogP contribution < -0.4 is 21.3 Å². The number of alkyl carbamates (subject to hydrolysis) is 1. The first-order valence-electron chi connectivity index (χ1n) is 18.0. The van der Waals surface area contributed by atoms with Crippen LogP contribution >= 0.6 is 0 Å². The van der Waals surface area contributed by atoms with Gasteiger partial charge in [0.25, 0.3) is 0 Å². The predicted molar refractivity (Wildman–Crippen MR) is 207 cm³/mol. The SMILES string of the molecule is C[C@H](NC(=O)OCC1c2ccccc2-c2ccccc21)C(=O)N[C@@H](C)C(=O)N[C@H](CC(=O)NC(c1ccccc1)(c1ccccc1)c1ccccc1)C(=O)O. The Bertz CT molecular complexity index is 2020. The van der Waals surface area contributed by atoms with Crippen LogP contribution in [0.25, 0.3) is 11.1 Å². The Kier molecular flexibility index (Phi) is 11.7. The number of fused-ring (bicyclic) bond motifs is 3. The van der Waals surface area contributed by atoms with Gasteiger partial charge in [-0.15, -0.1) is 0 Å². The zero-order chi connectivity index (χ0) is 39.0. The minimum Gasteiger partial charge on any atom is -0.480 e. The van der Waals surface area contributed by atoms with Crippen LogP contribution in [-0.4, -0.2) is 59.6 Å². The lowest BCUT2D eigenvalue weighted by Gasteiger charge is -2.37. The van der Waals surface area contributed by atoms with E-state index in [9.17, 15) is 29.1 Å². The van der Waals surface area contributed by atoms with Crippen molar-refractivity contribution >= 4 is 29.8 Å². The van der Waals surface area contributed by atoms with E-state index in [1.807, 2.05) is 140 Å². The summed E-state index contributed by atoms with van der Waals surface area (Å²) in [7, 11) is 0. The number of carbonyl (C=O) groups is 5. The van der Waals surface area contributed by atoms with Crippen molar-refractivity contribution in [2.75, 3.05) is 6.61 Å². The third-order valence-electron chi connectivity index (χ3n) is 9.77. The molecule has 6 rings (SSSR count). The summed E-state index contributed by atoms with van der Waals surface area (Å²) in [6.45, 7) is 2.86. The summed E-state index contributed by atoms with van der Waals surface area (Å²) in [6, 6.07) is 39.9. The van der Waals surface area contributed by atoms with Gasteiger partial charge >= 0.3 is 12.1 Å². The van der Waals surface area contributed by atoms with Crippen molar-refractivity contribution < 1.29 is 33.8 Å². The van der Waals surface area contributed by atoms with Crippen molar-refractivity contribution in [3.05, 3.63) is 167 Å². The van der Waals surface area contributed by atoms with E-state index in [1.165, 1.54) is 13.8 Å². The van der Waals surface area contributed by atoms with Gasteiger partial charge in [-0.05, 0) is 52.8 Å². The van der Waals surface area contributed by atoms with E-state index in [1.54, 1.807) is 0 Å². The molecule has 55 heavy (non-hydrogen) atoms. The summed E-state index contributed by atoms with van der Waals surface area (Å²) in [4.78, 5) is 65.1. The van der Waals surface area contributed by atoms with E-state index >= 15 is 0 Å². The van der Waals surface area contributed by atoms with E-state index in [0.717, 1.165) is 38.9 Å². The summed E-state index contributed by atoms with van der Waals surface area (Å²) < 4.78 is 5.54. The maximum Gasteiger partial charge on any atom is 0.407 e. The number of ether oxygens (including phenoxy) is 1. The standard InChI is InChI=1S/C44H42N4O7/c1-28(45-40(50)29(2)46-43(54)55-27-37-35-24-14-12-22-33(35)34-23-13-15-25-36(34)37)41(51)47-38(42(52)53)26-39(49)48-44(30-16-6-3-7-17-30,31-18-8-4-9-19-31)32-20-10-5-11-21-32/h3-25,28-29,37-38H,26-27H2,1-2H3,(H,45,50)(H,46,54)(H,47,51)(H,48,49)(H,52,53)/t28-,29-,38+/m0/s1. The van der Waals surface area contributed by atoms with Gasteiger partial charge < -0.3 is 31.1 Å². The molecule has 5 aromatic rings. The summed E-state index contributed by atoms with van der Waals surface area (Å²) in [5.41, 5.74) is 5.29. The van der Waals surface area contributed by atoms with Gasteiger partial charge in [-0.1, -0.05) is 140 Å². The van der Waals surface area contributed by atoms with E-state index in [2.05, 4.69) is 21.3 Å². The number of benzene rings is 5. The highest BCUT2D eigenvalue weighted by molar-refractivity contribution is 5.94. The molecule has 0 bridgehead atoms. The summed E-state index contributed by atoms with van der Waals surface area (Å²) >= 11 is 0. The number of hydrogen-bond acceptors (Lipinski definition) is 6. The van der Waals surface area contributed by atoms with Gasteiger partial charge in [0.1, 0.15) is 30.3 Å². The quantitative estimate of drug-likeness (QED) is 0.0942. The highest BCUT2D eigenvalue weighted by Gasteiger charge is 2.39. The molecule has 0 spiro atoms. The molecule has 0 saturated heterocycles. The van der Waals surface area contributed by atoms with E-state index in [-0.39, 0.29) is 12.5 Å². The van der Waals surface area contributed by atoms with Crippen LogP contribution in [0.2, 0.25) is 0 Å². The molecule has 11 nitrogen and oxygen atoms in total. The normalized spacial score (nSPS) is 13.6. The minimum absolute atomic E-state index is 0.0559. The molecule has 0 aliphatic heterocycles. The molecule has 0 heterocycles. The average molecular weight is 739 g/mol. The lowest BCUT2D eigenvalue weighted by Crippen LogP contribution is -2.55. The van der Waals surface area contributed by atoms with Crippen LogP contribution in [0, 0.1) is 0 Å². The maximum absolute atomic E-state index is 13.8. The molecule has 11 heteroatoms. The first-order chi connectivity index (χ1) is 26.6. The Labute approximate surface area is 319 Å². The Balaban J connectivity index is 1.06. The van der Waals surface area contributed by atoms with Gasteiger partial charge in [0.15, 0.2) is 0 Å². The Hall–Kier alpha value is -6.75. The van der Waals surface area contributed by atoms with Crippen molar-refractivity contribution in [2.24, 2.45) is 0 Å². The first-order valence-corrected chi connectivity index (χ1v) is 18.0. The van der Waals surface area contributed by atoms with Crippen molar-refractivity contribution in [3.8, 4) is 11.1 Å². The van der Waals surface area contributed by atoms with Crippen LogP contribution in [0.1, 0.15) is 54.0 Å². The Morgan fingerprint density at radius 3 is 1.49 bits per heavy atom. The van der Waals surface area contributed by atoms with E-state index in [0.29, 0.717) is 0 Å². The molecular formula is C44H42N4O7. The molecule has 0 unspecified atom stereocenters. The van der Waals surface area contributed by atoms with Gasteiger partial charge in [0.05, 0.1) is 6.42 Å². The average Bonchev–Trinajstić information content (AvgIpc) is 3.53. The van der Waals surface area contributed by atoms with Crippen molar-refractivity contribution in [1.29, 1.82) is 0 Å². The third-order valence-corrected chi connectivity index (χ3v) is 9.77. The molecule has 1 aliphatic carbocycles. The fourth-order valence-electron chi connectivity index (χ4n) is 7.01. The lowest BCUT2D eigenvalue weighted by molar-refractivity contribution is -0.144. The molecule has 1 aliphatic rings. The lowest BCUT2D eigenvalue weighted by atomic mass is 9.77. The monoisotopic (exact) mass is 738 g/mol. The third kappa shape index (κ3) is 8.41. The molecule has 5 aromatic carbocycles. The summed E-state index contributed by atoms with van der Waals surface area (Å²) in [5, 5.41) is 20.5. The number of carbonyl (C=O) groups excluding carboxylic acids is 4. The second kappa shape index (κ2) is 16.9. The van der Waals surface area contributed by atoms with Gasteiger partial charge in [-0.2, -0.15) is 0 Å². The van der Waals surface area contributed by atoms with Crippen molar-refractivity contribution in [1.82, 2.24) is 21.3 Å². The van der Waals surface area contributed by atoms with Crippen LogP contribution in [0.15, 0.2) is 140 Å². The van der Waals surface area contributed by atoms with Crippen molar-refractivity contribution in [2.45, 2.75) is 49.9 Å². The van der Waals surface area contributed by atoms with Gasteiger partial charge in [-0.25, -0.2) is 9.59 Å². The fraction of sp³-hybridized carbons (Fsp3) is 0.205. The zero-order valence-corrected chi connectivity index (χ0v) is 30.4. The molecule has 0 radical (unpaired) electrons. The highest BCUT2D eigenvalue weighted by atomic mass is 16.5. The van der Waals surface area contributed by atoms with Gasteiger partial charge in [-0.3, -0.25) is 14.4 Å².